The molecule has 0 atom stereocenters. The minimum Gasteiger partial charge on any atom is -0.497 e. The van der Waals surface area contributed by atoms with Gasteiger partial charge in [0.25, 0.3) is 5.91 Å². The first kappa shape index (κ1) is 20.2. The highest BCUT2D eigenvalue weighted by Crippen LogP contribution is 2.12. The predicted octanol–water partition coefficient (Wildman–Crippen LogP) is 1.24. The number of nitrogens with one attached hydrogen (secondary N) is 1. The molecule has 0 fully saturated rings. The Morgan fingerprint density at radius 1 is 1.16 bits per heavy atom. The van der Waals surface area contributed by atoms with Crippen LogP contribution in [0.5, 0.6) is 5.75 Å². The molecular formula is C18H24N2O5. The van der Waals surface area contributed by atoms with Gasteiger partial charge in [0, 0.05) is 19.2 Å². The second kappa shape index (κ2) is 10.9. The van der Waals surface area contributed by atoms with Crippen LogP contribution in [0.2, 0.25) is 0 Å². The Hall–Kier alpha value is -2.83. The summed E-state index contributed by atoms with van der Waals surface area (Å²) in [6, 6.07) is 7.13. The van der Waals surface area contributed by atoms with E-state index in [1.807, 2.05) is 0 Å². The van der Waals surface area contributed by atoms with Gasteiger partial charge in [0.2, 0.25) is 5.91 Å². The van der Waals surface area contributed by atoms with E-state index in [0.717, 1.165) is 11.3 Å². The lowest BCUT2D eigenvalue weighted by molar-refractivity contribution is -0.148. The highest BCUT2D eigenvalue weighted by atomic mass is 16.5. The largest absolute Gasteiger partial charge is 0.497 e. The van der Waals surface area contributed by atoms with Crippen molar-refractivity contribution in [3.05, 3.63) is 35.9 Å². The summed E-state index contributed by atoms with van der Waals surface area (Å²) < 4.78 is 9.97. The second-order valence-corrected chi connectivity index (χ2v) is 5.08. The average molecular weight is 348 g/mol. The van der Waals surface area contributed by atoms with Crippen molar-refractivity contribution in [2.75, 3.05) is 33.4 Å². The Labute approximate surface area is 147 Å². The van der Waals surface area contributed by atoms with Crippen molar-refractivity contribution in [3.63, 3.8) is 0 Å². The predicted molar refractivity (Wildman–Crippen MR) is 93.9 cm³/mol. The van der Waals surface area contributed by atoms with Crippen LogP contribution in [0.25, 0.3) is 6.08 Å². The van der Waals surface area contributed by atoms with E-state index in [9.17, 15) is 14.4 Å². The van der Waals surface area contributed by atoms with Gasteiger partial charge < -0.3 is 19.7 Å². The van der Waals surface area contributed by atoms with Crippen LogP contribution in [0.15, 0.2) is 30.3 Å². The zero-order valence-corrected chi connectivity index (χ0v) is 14.8. The summed E-state index contributed by atoms with van der Waals surface area (Å²) in [5.41, 5.74) is 0.801. The number of likely N-dealkylation sites (N-methyl/N-ethyl adjacent to an activating group) is 2. The van der Waals surface area contributed by atoms with Crippen LogP contribution >= 0.6 is 0 Å². The van der Waals surface area contributed by atoms with E-state index in [0.29, 0.717) is 13.1 Å². The van der Waals surface area contributed by atoms with E-state index >= 15 is 0 Å². The smallest absolute Gasteiger partial charge is 0.331 e. The summed E-state index contributed by atoms with van der Waals surface area (Å²) in [6.45, 7) is 3.95. The van der Waals surface area contributed by atoms with Gasteiger partial charge in [-0.25, -0.2) is 4.79 Å². The van der Waals surface area contributed by atoms with E-state index in [-0.39, 0.29) is 12.5 Å². The monoisotopic (exact) mass is 348 g/mol. The summed E-state index contributed by atoms with van der Waals surface area (Å²) in [4.78, 5) is 36.5. The maximum atomic E-state index is 12.0. The first-order valence-electron chi connectivity index (χ1n) is 8.03. The standard InChI is InChI=1S/C18H24N2O5/c1-4-19-16(21)12-20(5-2)17(22)13-25-18(23)11-8-14-6-9-15(24-3)10-7-14/h6-11H,4-5,12-13H2,1-3H3,(H,19,21)/b11-8+. The molecule has 0 aliphatic carbocycles. The van der Waals surface area contributed by atoms with E-state index < -0.39 is 18.5 Å². The summed E-state index contributed by atoms with van der Waals surface area (Å²) >= 11 is 0. The van der Waals surface area contributed by atoms with E-state index in [1.165, 1.54) is 11.0 Å². The van der Waals surface area contributed by atoms with Crippen molar-refractivity contribution in [2.45, 2.75) is 13.8 Å². The molecule has 136 valence electrons. The number of benzene rings is 1. The number of carbonyl (C=O) groups excluding carboxylic acids is 3. The Bertz CT molecular complexity index is 610. The molecule has 1 aromatic carbocycles. The molecular weight excluding hydrogens is 324 g/mol. The maximum absolute atomic E-state index is 12.0. The molecule has 0 heterocycles. The highest BCUT2D eigenvalue weighted by Gasteiger charge is 2.16. The summed E-state index contributed by atoms with van der Waals surface area (Å²) in [5, 5.41) is 2.62. The zero-order valence-electron chi connectivity index (χ0n) is 14.8. The van der Waals surface area contributed by atoms with Gasteiger partial charge in [0.1, 0.15) is 5.75 Å². The molecule has 1 N–H and O–H groups in total. The third kappa shape index (κ3) is 7.52. The average Bonchev–Trinajstić information content (AvgIpc) is 2.63. The molecule has 0 aliphatic heterocycles. The molecule has 7 nitrogen and oxygen atoms in total. The van der Waals surface area contributed by atoms with Gasteiger partial charge in [-0.2, -0.15) is 0 Å². The maximum Gasteiger partial charge on any atom is 0.331 e. The van der Waals surface area contributed by atoms with Crippen molar-refractivity contribution in [1.29, 1.82) is 0 Å². The lowest BCUT2D eigenvalue weighted by Gasteiger charge is -2.19. The van der Waals surface area contributed by atoms with Gasteiger partial charge in [0.15, 0.2) is 6.61 Å². The molecule has 1 aromatic rings. The molecule has 0 spiro atoms. The van der Waals surface area contributed by atoms with Crippen LogP contribution in [-0.2, 0) is 19.1 Å². The number of rotatable bonds is 9. The zero-order chi connectivity index (χ0) is 18.7. The molecule has 0 radical (unpaired) electrons. The minimum atomic E-state index is -0.627. The molecule has 7 heteroatoms. The molecule has 0 saturated heterocycles. The number of amides is 2. The van der Waals surface area contributed by atoms with Gasteiger partial charge in [-0.15, -0.1) is 0 Å². The molecule has 2 amide bonds. The summed E-state index contributed by atoms with van der Waals surface area (Å²) in [5.74, 6) is -0.571. The SMILES string of the molecule is CCNC(=O)CN(CC)C(=O)COC(=O)/C=C/c1ccc(OC)cc1. The summed E-state index contributed by atoms with van der Waals surface area (Å²) in [7, 11) is 1.57. The van der Waals surface area contributed by atoms with Crippen LogP contribution in [0.3, 0.4) is 0 Å². The molecule has 0 unspecified atom stereocenters. The Morgan fingerprint density at radius 2 is 1.84 bits per heavy atom. The second-order valence-electron chi connectivity index (χ2n) is 5.08. The van der Waals surface area contributed by atoms with Crippen LogP contribution < -0.4 is 10.1 Å². The Kier molecular flexibility index (Phi) is 8.78. The molecule has 25 heavy (non-hydrogen) atoms. The Balaban J connectivity index is 2.46. The molecule has 0 aromatic heterocycles. The van der Waals surface area contributed by atoms with E-state index in [1.54, 1.807) is 51.3 Å². The number of esters is 1. The number of methoxy groups -OCH3 is 1. The lowest BCUT2D eigenvalue weighted by atomic mass is 10.2. The van der Waals surface area contributed by atoms with Crippen molar-refractivity contribution in [3.8, 4) is 5.75 Å². The van der Waals surface area contributed by atoms with Crippen LogP contribution in [0.1, 0.15) is 19.4 Å². The Morgan fingerprint density at radius 3 is 2.40 bits per heavy atom. The van der Waals surface area contributed by atoms with Crippen molar-refractivity contribution in [2.24, 2.45) is 0 Å². The number of hydrogen-bond donors (Lipinski definition) is 1. The lowest BCUT2D eigenvalue weighted by Crippen LogP contribution is -2.42. The molecule has 0 aliphatic rings. The third-order valence-corrected chi connectivity index (χ3v) is 3.31. The third-order valence-electron chi connectivity index (χ3n) is 3.31. The van der Waals surface area contributed by atoms with Gasteiger partial charge in [0.05, 0.1) is 13.7 Å². The topological polar surface area (TPSA) is 84.9 Å². The van der Waals surface area contributed by atoms with Crippen LogP contribution in [0.4, 0.5) is 0 Å². The fourth-order valence-corrected chi connectivity index (χ4v) is 1.95. The first-order valence-corrected chi connectivity index (χ1v) is 8.03. The van der Waals surface area contributed by atoms with Crippen molar-refractivity contribution < 1.29 is 23.9 Å². The molecule has 0 bridgehead atoms. The fourth-order valence-electron chi connectivity index (χ4n) is 1.95. The van der Waals surface area contributed by atoms with Gasteiger partial charge >= 0.3 is 5.97 Å². The number of ether oxygens (including phenoxy) is 2. The quantitative estimate of drug-likeness (QED) is 0.536. The van der Waals surface area contributed by atoms with Crippen LogP contribution in [-0.4, -0.2) is 56.0 Å². The minimum absolute atomic E-state index is 0.0532. The highest BCUT2D eigenvalue weighted by molar-refractivity contribution is 5.90. The van der Waals surface area contributed by atoms with E-state index in [4.69, 9.17) is 9.47 Å². The number of nitrogens with zero attached hydrogens (tertiary/aromatic N) is 1. The molecule has 0 saturated carbocycles. The van der Waals surface area contributed by atoms with Gasteiger partial charge in [-0.3, -0.25) is 9.59 Å². The molecule has 1 rings (SSSR count). The number of carbonyl (C=O) groups is 3. The van der Waals surface area contributed by atoms with E-state index in [2.05, 4.69) is 5.32 Å². The first-order chi connectivity index (χ1) is 12.0. The van der Waals surface area contributed by atoms with Gasteiger partial charge in [-0.1, -0.05) is 12.1 Å². The number of hydrogen-bond acceptors (Lipinski definition) is 5. The van der Waals surface area contributed by atoms with Crippen molar-refractivity contribution >= 4 is 23.9 Å². The van der Waals surface area contributed by atoms with Gasteiger partial charge in [-0.05, 0) is 37.6 Å². The van der Waals surface area contributed by atoms with Crippen molar-refractivity contribution in [1.82, 2.24) is 10.2 Å². The summed E-state index contributed by atoms with van der Waals surface area (Å²) in [6.07, 6.45) is 2.83. The van der Waals surface area contributed by atoms with Crippen LogP contribution in [0, 0.1) is 0 Å². The fraction of sp³-hybridized carbons (Fsp3) is 0.389. The normalized spacial score (nSPS) is 10.4.